The molecule has 0 N–H and O–H groups in total. The molecule has 0 nitrogen and oxygen atoms in total. The second-order valence-electron chi connectivity index (χ2n) is 5.20. The van der Waals surface area contributed by atoms with Crippen molar-refractivity contribution in [2.75, 3.05) is 0 Å². The van der Waals surface area contributed by atoms with Gasteiger partial charge >= 0.3 is 0 Å². The van der Waals surface area contributed by atoms with E-state index < -0.39 is 0 Å². The summed E-state index contributed by atoms with van der Waals surface area (Å²) in [5.74, 6) is 2.50. The lowest BCUT2D eigenvalue weighted by molar-refractivity contribution is 0.736. The van der Waals surface area contributed by atoms with Gasteiger partial charge in [0.05, 0.1) is 0 Å². The molecule has 0 spiro atoms. The molecule has 0 rings (SSSR count). The van der Waals surface area contributed by atoms with Gasteiger partial charge in [-0.05, 0) is 17.8 Å². The van der Waals surface area contributed by atoms with E-state index in [-0.39, 0.29) is 22.3 Å². The Morgan fingerprint density at radius 1 is 0.333 bits per heavy atom. The molecule has 15 heavy (non-hydrogen) atoms. The standard InChI is InChI=1S/3C4H10.3CH4/c3*1-4(2)3;;;/h3*4H,1-3H3;3*1H4. The molecule has 0 aliphatic carbocycles. The van der Waals surface area contributed by atoms with Crippen LogP contribution in [0.1, 0.15) is 84.6 Å². The summed E-state index contributed by atoms with van der Waals surface area (Å²) in [7, 11) is 0. The molecule has 0 saturated heterocycles. The zero-order valence-electron chi connectivity index (χ0n) is 10.7. The van der Waals surface area contributed by atoms with Gasteiger partial charge in [0.25, 0.3) is 0 Å². The van der Waals surface area contributed by atoms with E-state index >= 15 is 0 Å². The van der Waals surface area contributed by atoms with E-state index in [4.69, 9.17) is 0 Å². The third kappa shape index (κ3) is 0. The lowest BCUT2D eigenvalue weighted by Gasteiger charge is -1.79. The van der Waals surface area contributed by atoms with Crippen LogP contribution >= 0.6 is 0 Å². The van der Waals surface area contributed by atoms with E-state index in [0.717, 1.165) is 17.8 Å². The van der Waals surface area contributed by atoms with Crippen LogP contribution in [0.4, 0.5) is 0 Å². The van der Waals surface area contributed by atoms with E-state index in [1.54, 1.807) is 0 Å². The van der Waals surface area contributed by atoms with Crippen molar-refractivity contribution in [3.8, 4) is 0 Å². The fourth-order valence-corrected chi connectivity index (χ4v) is 0. The van der Waals surface area contributed by atoms with Crippen molar-refractivity contribution < 1.29 is 0 Å². The predicted molar refractivity (Wildman–Crippen MR) is 81.7 cm³/mol. The smallest absolute Gasteiger partial charge is 0.0500 e. The molecule has 0 amide bonds. The fraction of sp³-hybridized carbons (Fsp3) is 1.00. The summed E-state index contributed by atoms with van der Waals surface area (Å²) >= 11 is 0. The van der Waals surface area contributed by atoms with Gasteiger partial charge in [-0.2, -0.15) is 0 Å². The van der Waals surface area contributed by atoms with Crippen molar-refractivity contribution in [1.82, 2.24) is 0 Å². The molecule has 0 bridgehead atoms. The zero-order valence-corrected chi connectivity index (χ0v) is 10.7. The summed E-state index contributed by atoms with van der Waals surface area (Å²) in [4.78, 5) is 0. The average molecular weight is 223 g/mol. The second kappa shape index (κ2) is 29.2. The molecule has 0 aliphatic rings. The first-order chi connectivity index (χ1) is 5.20. The summed E-state index contributed by atoms with van der Waals surface area (Å²) in [5, 5.41) is 0. The van der Waals surface area contributed by atoms with Crippen LogP contribution in [0.3, 0.4) is 0 Å². The normalized spacial score (nSPS) is 7.20. The highest BCUT2D eigenvalue weighted by molar-refractivity contribution is 4.21. The SMILES string of the molecule is C.C.C.CC(C)C.CC(C)C.CC(C)C. The van der Waals surface area contributed by atoms with Crippen molar-refractivity contribution in [2.45, 2.75) is 84.6 Å². The topological polar surface area (TPSA) is 0 Å². The van der Waals surface area contributed by atoms with Gasteiger partial charge in [-0.15, -0.1) is 0 Å². The maximum atomic E-state index is 2.17. The number of rotatable bonds is 0. The Bertz CT molecular complexity index is 28.5. The first-order valence-electron chi connectivity index (χ1n) is 5.20. The van der Waals surface area contributed by atoms with E-state index in [2.05, 4.69) is 62.3 Å². The summed E-state index contributed by atoms with van der Waals surface area (Å²) < 4.78 is 0. The van der Waals surface area contributed by atoms with Crippen molar-refractivity contribution in [1.29, 1.82) is 0 Å². The van der Waals surface area contributed by atoms with Crippen LogP contribution in [0, 0.1) is 17.8 Å². The quantitative estimate of drug-likeness (QED) is 0.418. The molecule has 0 aromatic heterocycles. The van der Waals surface area contributed by atoms with Crippen LogP contribution in [0.15, 0.2) is 0 Å². The average Bonchev–Trinajstić information content (AvgIpc) is 1.54. The van der Waals surface area contributed by atoms with Gasteiger partial charge in [-0.3, -0.25) is 0 Å². The molecule has 0 fully saturated rings. The Labute approximate surface area is 103 Å². The molecular formula is C15H42. The molecule has 0 unspecified atom stereocenters. The molecule has 0 heterocycles. The van der Waals surface area contributed by atoms with Crippen LogP contribution < -0.4 is 0 Å². The van der Waals surface area contributed by atoms with E-state index in [0.29, 0.717) is 0 Å². The van der Waals surface area contributed by atoms with Gasteiger partial charge in [0, 0.05) is 0 Å². The summed E-state index contributed by atoms with van der Waals surface area (Å²) in [5.41, 5.74) is 0. The van der Waals surface area contributed by atoms with Gasteiger partial charge in [-0.1, -0.05) is 84.6 Å². The van der Waals surface area contributed by atoms with Crippen molar-refractivity contribution in [3.05, 3.63) is 0 Å². The van der Waals surface area contributed by atoms with Gasteiger partial charge in [0.1, 0.15) is 0 Å². The van der Waals surface area contributed by atoms with Crippen LogP contribution in [-0.4, -0.2) is 0 Å². The molecular weight excluding hydrogens is 180 g/mol. The first-order valence-corrected chi connectivity index (χ1v) is 5.20. The van der Waals surface area contributed by atoms with E-state index in [1.807, 2.05) is 0 Å². The van der Waals surface area contributed by atoms with Gasteiger partial charge in [0.15, 0.2) is 0 Å². The minimum absolute atomic E-state index is 0. The van der Waals surface area contributed by atoms with Crippen LogP contribution in [-0.2, 0) is 0 Å². The predicted octanol–water partition coefficient (Wildman–Crippen LogP) is 6.90. The molecule has 0 radical (unpaired) electrons. The minimum Gasteiger partial charge on any atom is -0.0776 e. The van der Waals surface area contributed by atoms with Gasteiger partial charge < -0.3 is 0 Å². The molecule has 0 aromatic carbocycles. The Hall–Kier alpha value is 0. The largest absolute Gasteiger partial charge is 0.0776 e. The van der Waals surface area contributed by atoms with Crippen LogP contribution in [0.25, 0.3) is 0 Å². The number of hydrogen-bond donors (Lipinski definition) is 0. The van der Waals surface area contributed by atoms with E-state index in [1.165, 1.54) is 0 Å². The summed E-state index contributed by atoms with van der Waals surface area (Å²) in [6, 6.07) is 0. The highest BCUT2D eigenvalue weighted by atomic mass is 13.8. The maximum Gasteiger partial charge on any atom is -0.0500 e. The highest BCUT2D eigenvalue weighted by Crippen LogP contribution is 1.81. The van der Waals surface area contributed by atoms with Crippen molar-refractivity contribution in [3.63, 3.8) is 0 Å². The van der Waals surface area contributed by atoms with Gasteiger partial charge in [0.2, 0.25) is 0 Å². The monoisotopic (exact) mass is 222 g/mol. The highest BCUT2D eigenvalue weighted by Gasteiger charge is 1.68. The van der Waals surface area contributed by atoms with Crippen molar-refractivity contribution >= 4 is 0 Å². The summed E-state index contributed by atoms with van der Waals surface area (Å²) in [6.45, 7) is 19.5. The Morgan fingerprint density at radius 3 is 0.333 bits per heavy atom. The minimum atomic E-state index is 0. The van der Waals surface area contributed by atoms with Crippen LogP contribution in [0.2, 0.25) is 0 Å². The van der Waals surface area contributed by atoms with Gasteiger partial charge in [-0.25, -0.2) is 0 Å². The molecule has 0 atom stereocenters. The third-order valence-corrected chi connectivity index (χ3v) is 0. The molecule has 0 heteroatoms. The molecule has 0 saturated carbocycles. The van der Waals surface area contributed by atoms with Crippen molar-refractivity contribution in [2.24, 2.45) is 17.8 Å². The second-order valence-corrected chi connectivity index (χ2v) is 5.20. The first kappa shape index (κ1) is 36.3. The zero-order chi connectivity index (χ0) is 10.7. The molecule has 0 aromatic rings. The summed E-state index contributed by atoms with van der Waals surface area (Å²) in [6.07, 6.45) is 0. The molecule has 102 valence electrons. The maximum absolute atomic E-state index is 2.17. The Balaban J connectivity index is -0.0000000184. The van der Waals surface area contributed by atoms with Crippen LogP contribution in [0.5, 0.6) is 0 Å². The Kier molecular flexibility index (Phi) is 70.7. The Morgan fingerprint density at radius 2 is 0.333 bits per heavy atom. The fourth-order valence-electron chi connectivity index (χ4n) is 0. The molecule has 0 aliphatic heterocycles. The number of hydrogen-bond acceptors (Lipinski definition) is 0. The lowest BCUT2D eigenvalue weighted by atomic mass is 10.3. The van der Waals surface area contributed by atoms with E-state index in [9.17, 15) is 0 Å². The third-order valence-electron chi connectivity index (χ3n) is 0. The lowest BCUT2D eigenvalue weighted by Crippen LogP contribution is -1.66.